The Labute approximate surface area is 193 Å². The number of hydrogen-bond acceptors (Lipinski definition) is 5. The zero-order chi connectivity index (χ0) is 24.2. The molecule has 0 heterocycles. The standard InChI is InChI=1S/C25H30N2O6/c1-25(2,32-4)13-21(23(30)27(3)14-22(28)29)26-24(31)33-15-20-18-11-7-5-9-16(18)17-10-6-8-12-19(17)20/h5-12,20-21H,13-15H2,1-4H3,(H,26,31)(H,28,29). The van der Waals surface area contributed by atoms with E-state index in [0.29, 0.717) is 0 Å². The SMILES string of the molecule is COC(C)(C)CC(NC(=O)OCC1c2ccccc2-c2ccccc21)C(=O)N(C)CC(=O)O. The molecule has 0 bridgehead atoms. The van der Waals surface area contributed by atoms with Gasteiger partial charge < -0.3 is 24.8 Å². The monoisotopic (exact) mass is 454 g/mol. The molecule has 1 aliphatic carbocycles. The van der Waals surface area contributed by atoms with Gasteiger partial charge in [0.1, 0.15) is 19.2 Å². The summed E-state index contributed by atoms with van der Waals surface area (Å²) in [5.74, 6) is -1.78. The summed E-state index contributed by atoms with van der Waals surface area (Å²) in [5, 5.41) is 11.6. The molecule has 1 aliphatic rings. The molecule has 8 heteroatoms. The maximum atomic E-state index is 12.8. The number of hydrogen-bond donors (Lipinski definition) is 2. The number of carbonyl (C=O) groups is 3. The van der Waals surface area contributed by atoms with E-state index in [0.717, 1.165) is 27.2 Å². The van der Waals surface area contributed by atoms with E-state index in [1.54, 1.807) is 13.8 Å². The quantitative estimate of drug-likeness (QED) is 0.603. The van der Waals surface area contributed by atoms with Crippen molar-refractivity contribution in [2.75, 3.05) is 27.3 Å². The van der Waals surface area contributed by atoms with Gasteiger partial charge in [0.15, 0.2) is 0 Å². The first-order valence-electron chi connectivity index (χ1n) is 10.8. The highest BCUT2D eigenvalue weighted by Crippen LogP contribution is 2.44. The maximum absolute atomic E-state index is 12.8. The number of nitrogens with zero attached hydrogens (tertiary/aromatic N) is 1. The lowest BCUT2D eigenvalue weighted by Crippen LogP contribution is -2.51. The summed E-state index contributed by atoms with van der Waals surface area (Å²) in [6.07, 6.45) is -0.595. The number of rotatable bonds is 9. The highest BCUT2D eigenvalue weighted by Gasteiger charge is 2.33. The molecule has 2 aromatic rings. The van der Waals surface area contributed by atoms with Crippen molar-refractivity contribution in [3.8, 4) is 11.1 Å². The third kappa shape index (κ3) is 5.70. The summed E-state index contributed by atoms with van der Waals surface area (Å²) in [5.41, 5.74) is 3.68. The summed E-state index contributed by atoms with van der Waals surface area (Å²) in [7, 11) is 2.89. The highest BCUT2D eigenvalue weighted by molar-refractivity contribution is 5.88. The van der Waals surface area contributed by atoms with Crippen molar-refractivity contribution in [1.82, 2.24) is 10.2 Å². The van der Waals surface area contributed by atoms with Crippen LogP contribution in [0.1, 0.15) is 37.3 Å². The summed E-state index contributed by atoms with van der Waals surface area (Å²) in [4.78, 5) is 37.6. The van der Waals surface area contributed by atoms with E-state index in [2.05, 4.69) is 5.32 Å². The fraction of sp³-hybridized carbons (Fsp3) is 0.400. The Balaban J connectivity index is 1.71. The average Bonchev–Trinajstić information content (AvgIpc) is 3.10. The van der Waals surface area contributed by atoms with Crippen LogP contribution in [0, 0.1) is 0 Å². The topological polar surface area (TPSA) is 105 Å². The summed E-state index contributed by atoms with van der Waals surface area (Å²) >= 11 is 0. The van der Waals surface area contributed by atoms with Crippen molar-refractivity contribution in [3.05, 3.63) is 59.7 Å². The first-order chi connectivity index (χ1) is 15.6. The molecule has 0 saturated carbocycles. The zero-order valence-electron chi connectivity index (χ0n) is 19.3. The van der Waals surface area contributed by atoms with Gasteiger partial charge in [0, 0.05) is 26.5 Å². The number of amides is 2. The van der Waals surface area contributed by atoms with E-state index < -0.39 is 36.2 Å². The minimum atomic E-state index is -1.14. The molecular weight excluding hydrogens is 424 g/mol. The zero-order valence-corrected chi connectivity index (χ0v) is 19.3. The molecule has 2 amide bonds. The molecule has 0 spiro atoms. The van der Waals surface area contributed by atoms with Gasteiger partial charge in [0.2, 0.25) is 5.91 Å². The second kappa shape index (κ2) is 10.0. The largest absolute Gasteiger partial charge is 0.480 e. The lowest BCUT2D eigenvalue weighted by atomic mass is 9.97. The molecule has 176 valence electrons. The Morgan fingerprint density at radius 1 is 1.06 bits per heavy atom. The second-order valence-corrected chi connectivity index (χ2v) is 8.78. The second-order valence-electron chi connectivity index (χ2n) is 8.78. The number of fused-ring (bicyclic) bond motifs is 3. The molecule has 33 heavy (non-hydrogen) atoms. The Morgan fingerprint density at radius 2 is 1.61 bits per heavy atom. The van der Waals surface area contributed by atoms with Gasteiger partial charge in [-0.1, -0.05) is 48.5 Å². The predicted octanol–water partition coefficient (Wildman–Crippen LogP) is 3.25. The van der Waals surface area contributed by atoms with E-state index in [-0.39, 0.29) is 18.9 Å². The molecule has 2 aromatic carbocycles. The van der Waals surface area contributed by atoms with E-state index in [4.69, 9.17) is 14.6 Å². The van der Waals surface area contributed by atoms with Crippen molar-refractivity contribution in [3.63, 3.8) is 0 Å². The summed E-state index contributed by atoms with van der Waals surface area (Å²) in [6, 6.07) is 15.0. The van der Waals surface area contributed by atoms with E-state index in [1.165, 1.54) is 14.2 Å². The minimum Gasteiger partial charge on any atom is -0.480 e. The predicted molar refractivity (Wildman–Crippen MR) is 123 cm³/mol. The van der Waals surface area contributed by atoms with Gasteiger partial charge in [-0.25, -0.2) is 4.79 Å². The van der Waals surface area contributed by atoms with Gasteiger partial charge in [-0.3, -0.25) is 9.59 Å². The van der Waals surface area contributed by atoms with Gasteiger partial charge in [-0.15, -0.1) is 0 Å². The van der Waals surface area contributed by atoms with E-state index >= 15 is 0 Å². The van der Waals surface area contributed by atoms with Crippen LogP contribution in [0.2, 0.25) is 0 Å². The Morgan fingerprint density at radius 3 is 2.12 bits per heavy atom. The van der Waals surface area contributed by atoms with Crippen LogP contribution < -0.4 is 5.32 Å². The smallest absolute Gasteiger partial charge is 0.407 e. The number of aliphatic carboxylic acids is 1. The molecule has 0 saturated heterocycles. The first kappa shape index (κ1) is 24.3. The van der Waals surface area contributed by atoms with Gasteiger partial charge in [0.25, 0.3) is 0 Å². The van der Waals surface area contributed by atoms with Crippen LogP contribution in [-0.4, -0.2) is 66.9 Å². The molecule has 0 radical (unpaired) electrons. The minimum absolute atomic E-state index is 0.109. The first-order valence-corrected chi connectivity index (χ1v) is 10.8. The van der Waals surface area contributed by atoms with Crippen LogP contribution in [0.4, 0.5) is 4.79 Å². The van der Waals surface area contributed by atoms with Gasteiger partial charge in [-0.05, 0) is 36.1 Å². The normalized spacial score (nSPS) is 13.6. The maximum Gasteiger partial charge on any atom is 0.407 e. The van der Waals surface area contributed by atoms with Crippen LogP contribution in [0.25, 0.3) is 11.1 Å². The van der Waals surface area contributed by atoms with Crippen LogP contribution in [-0.2, 0) is 19.1 Å². The van der Waals surface area contributed by atoms with E-state index in [1.807, 2.05) is 48.5 Å². The van der Waals surface area contributed by atoms with Crippen molar-refractivity contribution in [1.29, 1.82) is 0 Å². The Bertz CT molecular complexity index is 990. The summed E-state index contributed by atoms with van der Waals surface area (Å²) < 4.78 is 11.0. The third-order valence-corrected chi connectivity index (χ3v) is 5.93. The fourth-order valence-corrected chi connectivity index (χ4v) is 4.10. The number of alkyl carbamates (subject to hydrolysis) is 1. The molecule has 8 nitrogen and oxygen atoms in total. The number of carboxylic acids is 1. The van der Waals surface area contributed by atoms with E-state index in [9.17, 15) is 14.4 Å². The van der Waals surface area contributed by atoms with Gasteiger partial charge in [0.05, 0.1) is 5.60 Å². The number of benzene rings is 2. The number of nitrogens with one attached hydrogen (secondary N) is 1. The third-order valence-electron chi connectivity index (χ3n) is 5.93. The Kier molecular flexibility index (Phi) is 7.38. The highest BCUT2D eigenvalue weighted by atomic mass is 16.5. The summed E-state index contributed by atoms with van der Waals surface area (Å²) in [6.45, 7) is 3.20. The average molecular weight is 455 g/mol. The molecule has 3 rings (SSSR count). The molecule has 1 unspecified atom stereocenters. The molecule has 1 atom stereocenters. The van der Waals surface area contributed by atoms with Crippen molar-refractivity contribution >= 4 is 18.0 Å². The lowest BCUT2D eigenvalue weighted by Gasteiger charge is -2.30. The lowest BCUT2D eigenvalue weighted by molar-refractivity contribution is -0.144. The number of likely N-dealkylation sites (N-methyl/N-ethyl adjacent to an activating group) is 1. The molecular formula is C25H30N2O6. The van der Waals surface area contributed by atoms with Crippen LogP contribution in [0.5, 0.6) is 0 Å². The molecule has 0 aromatic heterocycles. The van der Waals surface area contributed by atoms with Crippen LogP contribution >= 0.6 is 0 Å². The number of carboxylic acid groups (broad SMARTS) is 1. The molecule has 0 fully saturated rings. The van der Waals surface area contributed by atoms with Crippen molar-refractivity contribution in [2.24, 2.45) is 0 Å². The van der Waals surface area contributed by atoms with Crippen LogP contribution in [0.3, 0.4) is 0 Å². The molecule has 0 aliphatic heterocycles. The van der Waals surface area contributed by atoms with Gasteiger partial charge in [-0.2, -0.15) is 0 Å². The van der Waals surface area contributed by atoms with Crippen molar-refractivity contribution < 1.29 is 29.0 Å². The number of methoxy groups -OCH3 is 1. The van der Waals surface area contributed by atoms with Gasteiger partial charge >= 0.3 is 12.1 Å². The number of carbonyl (C=O) groups excluding carboxylic acids is 2. The fourth-order valence-electron chi connectivity index (χ4n) is 4.10. The van der Waals surface area contributed by atoms with Crippen LogP contribution in [0.15, 0.2) is 48.5 Å². The Hall–Kier alpha value is -3.39. The number of ether oxygens (including phenoxy) is 2. The van der Waals surface area contributed by atoms with Crippen molar-refractivity contribution in [2.45, 2.75) is 37.8 Å². The molecule has 2 N–H and O–H groups in total.